The van der Waals surface area contributed by atoms with Gasteiger partial charge in [0.1, 0.15) is 0 Å². The van der Waals surface area contributed by atoms with Crippen LogP contribution in [-0.4, -0.2) is 10.4 Å². The highest BCUT2D eigenvalue weighted by molar-refractivity contribution is 6.14. The van der Waals surface area contributed by atoms with Crippen LogP contribution in [0.15, 0.2) is 36.5 Å². The van der Waals surface area contributed by atoms with Gasteiger partial charge >= 0.3 is 0 Å². The van der Waals surface area contributed by atoms with Crippen molar-refractivity contribution in [3.63, 3.8) is 0 Å². The van der Waals surface area contributed by atoms with Crippen molar-refractivity contribution in [2.45, 2.75) is 6.92 Å². The Morgan fingerprint density at radius 3 is 2.86 bits per heavy atom. The fourth-order valence-electron chi connectivity index (χ4n) is 1.98. The first-order valence-corrected chi connectivity index (χ1v) is 4.60. The van der Waals surface area contributed by atoms with Crippen molar-refractivity contribution in [1.82, 2.24) is 4.57 Å². The van der Waals surface area contributed by atoms with E-state index in [2.05, 4.69) is 0 Å². The van der Waals surface area contributed by atoms with Crippen molar-refractivity contribution in [3.8, 4) is 5.69 Å². The molecule has 68 valence electrons. The molecule has 2 nitrogen and oxygen atoms in total. The minimum atomic E-state index is 0.133. The van der Waals surface area contributed by atoms with E-state index in [1.807, 2.05) is 48.0 Å². The maximum absolute atomic E-state index is 11.9. The summed E-state index contributed by atoms with van der Waals surface area (Å²) in [6, 6.07) is 9.64. The van der Waals surface area contributed by atoms with Crippen molar-refractivity contribution in [2.24, 2.45) is 0 Å². The summed E-state index contributed by atoms with van der Waals surface area (Å²) >= 11 is 0. The lowest BCUT2D eigenvalue weighted by Crippen LogP contribution is -1.94. The molecule has 0 atom stereocenters. The van der Waals surface area contributed by atoms with E-state index in [1.165, 1.54) is 0 Å². The summed E-state index contributed by atoms with van der Waals surface area (Å²) in [5.74, 6) is 0.133. The van der Waals surface area contributed by atoms with Crippen molar-refractivity contribution >= 4 is 5.78 Å². The van der Waals surface area contributed by atoms with E-state index in [0.29, 0.717) is 0 Å². The van der Waals surface area contributed by atoms with Crippen LogP contribution in [0, 0.1) is 6.92 Å². The van der Waals surface area contributed by atoms with Crippen LogP contribution in [0.2, 0.25) is 0 Å². The number of rotatable bonds is 0. The monoisotopic (exact) mass is 183 g/mol. The van der Waals surface area contributed by atoms with E-state index < -0.39 is 0 Å². The summed E-state index contributed by atoms with van der Waals surface area (Å²) in [5.41, 5.74) is 3.72. The molecule has 0 aliphatic carbocycles. The van der Waals surface area contributed by atoms with E-state index in [9.17, 15) is 4.79 Å². The number of carbonyl (C=O) groups excluding carboxylic acids is 1. The van der Waals surface area contributed by atoms with Crippen molar-refractivity contribution < 1.29 is 4.79 Å². The zero-order valence-corrected chi connectivity index (χ0v) is 7.82. The largest absolute Gasteiger partial charge is 0.313 e. The Morgan fingerprint density at radius 2 is 2.00 bits per heavy atom. The number of benzene rings is 1. The van der Waals surface area contributed by atoms with E-state index in [4.69, 9.17) is 0 Å². The summed E-state index contributed by atoms with van der Waals surface area (Å²) in [6.45, 7) is 2.00. The van der Waals surface area contributed by atoms with Crippen LogP contribution >= 0.6 is 0 Å². The number of nitrogens with zero attached hydrogens (tertiary/aromatic N) is 1. The Bertz CT molecular complexity index is 537. The van der Waals surface area contributed by atoms with Gasteiger partial charge in [-0.15, -0.1) is 0 Å². The standard InChI is InChI=1S/C12H9NO/c1-8-6-11-12(14)9-4-2-3-5-10(9)13(11)7-8/h2-7H,1H3. The van der Waals surface area contributed by atoms with Gasteiger partial charge in [0.15, 0.2) is 0 Å². The molecule has 1 aliphatic heterocycles. The highest BCUT2D eigenvalue weighted by Gasteiger charge is 2.25. The van der Waals surface area contributed by atoms with Gasteiger partial charge in [0.25, 0.3) is 0 Å². The molecule has 1 aliphatic rings. The minimum Gasteiger partial charge on any atom is -0.313 e. The highest BCUT2D eigenvalue weighted by atomic mass is 16.1. The molecule has 0 bridgehead atoms. The van der Waals surface area contributed by atoms with E-state index in [1.54, 1.807) is 0 Å². The van der Waals surface area contributed by atoms with Crippen LogP contribution in [-0.2, 0) is 0 Å². The first-order valence-electron chi connectivity index (χ1n) is 4.60. The zero-order chi connectivity index (χ0) is 9.71. The third kappa shape index (κ3) is 0.777. The topological polar surface area (TPSA) is 22.0 Å². The number of fused-ring (bicyclic) bond motifs is 3. The maximum atomic E-state index is 11.9. The van der Waals surface area contributed by atoms with Gasteiger partial charge in [-0.05, 0) is 30.7 Å². The fraction of sp³-hybridized carbons (Fsp3) is 0.0833. The number of hydrogen-bond donors (Lipinski definition) is 0. The third-order valence-electron chi connectivity index (χ3n) is 2.60. The summed E-state index contributed by atoms with van der Waals surface area (Å²) < 4.78 is 1.97. The van der Waals surface area contributed by atoms with Gasteiger partial charge in [-0.25, -0.2) is 0 Å². The Hall–Kier alpha value is -1.83. The van der Waals surface area contributed by atoms with Crippen molar-refractivity contribution in [1.29, 1.82) is 0 Å². The Labute approximate surface area is 81.8 Å². The van der Waals surface area contributed by atoms with Gasteiger partial charge < -0.3 is 4.57 Å². The van der Waals surface area contributed by atoms with Gasteiger partial charge in [-0.3, -0.25) is 4.79 Å². The molecule has 2 aromatic rings. The molecule has 3 rings (SSSR count). The second kappa shape index (κ2) is 2.35. The molecular formula is C12H9NO. The number of carbonyl (C=O) groups is 1. The molecule has 0 unspecified atom stereocenters. The van der Waals surface area contributed by atoms with Crippen LogP contribution in [0.25, 0.3) is 5.69 Å². The predicted molar refractivity (Wildman–Crippen MR) is 53.9 cm³/mol. The molecule has 0 spiro atoms. The molecule has 2 heteroatoms. The normalized spacial score (nSPS) is 12.8. The average Bonchev–Trinajstić information content (AvgIpc) is 2.68. The summed E-state index contributed by atoms with van der Waals surface area (Å²) in [7, 11) is 0. The maximum Gasteiger partial charge on any atom is 0.211 e. The number of para-hydroxylation sites is 1. The summed E-state index contributed by atoms with van der Waals surface area (Å²) in [6.07, 6.45) is 2.00. The minimum absolute atomic E-state index is 0.133. The van der Waals surface area contributed by atoms with Crippen molar-refractivity contribution in [2.75, 3.05) is 0 Å². The molecule has 1 aromatic heterocycles. The summed E-state index contributed by atoms with van der Waals surface area (Å²) in [4.78, 5) is 11.9. The second-order valence-electron chi connectivity index (χ2n) is 3.62. The van der Waals surface area contributed by atoms with Crippen LogP contribution in [0.3, 0.4) is 0 Å². The second-order valence-corrected chi connectivity index (χ2v) is 3.62. The van der Waals surface area contributed by atoms with Gasteiger partial charge in [-0.2, -0.15) is 0 Å². The smallest absolute Gasteiger partial charge is 0.211 e. The number of aryl methyl sites for hydroxylation is 1. The Morgan fingerprint density at radius 1 is 1.21 bits per heavy atom. The molecule has 2 heterocycles. The average molecular weight is 183 g/mol. The van der Waals surface area contributed by atoms with E-state index >= 15 is 0 Å². The van der Waals surface area contributed by atoms with Gasteiger partial charge in [0, 0.05) is 11.8 Å². The van der Waals surface area contributed by atoms with E-state index in [-0.39, 0.29) is 5.78 Å². The first-order chi connectivity index (χ1) is 6.77. The molecular weight excluding hydrogens is 174 g/mol. The lowest BCUT2D eigenvalue weighted by Gasteiger charge is -1.98. The van der Waals surface area contributed by atoms with Crippen LogP contribution in [0.1, 0.15) is 21.6 Å². The molecule has 0 amide bonds. The quantitative estimate of drug-likeness (QED) is 0.524. The molecule has 0 saturated carbocycles. The van der Waals surface area contributed by atoms with Crippen LogP contribution in [0.4, 0.5) is 0 Å². The first kappa shape index (κ1) is 7.56. The van der Waals surface area contributed by atoms with Gasteiger partial charge in [-0.1, -0.05) is 12.1 Å². The SMILES string of the molecule is Cc1cc2n(c1)-c1ccccc1C2=O. The Balaban J connectivity index is 2.39. The number of aromatic nitrogens is 1. The predicted octanol–water partition coefficient (Wildman–Crippen LogP) is 2.33. The Kier molecular flexibility index (Phi) is 1.27. The summed E-state index contributed by atoms with van der Waals surface area (Å²) in [5, 5.41) is 0. The molecule has 0 N–H and O–H groups in total. The number of ketones is 1. The fourth-order valence-corrected chi connectivity index (χ4v) is 1.98. The lowest BCUT2D eigenvalue weighted by molar-refractivity contribution is 0.104. The third-order valence-corrected chi connectivity index (χ3v) is 2.60. The van der Waals surface area contributed by atoms with Gasteiger partial charge in [0.05, 0.1) is 11.4 Å². The highest BCUT2D eigenvalue weighted by Crippen LogP contribution is 2.28. The molecule has 0 fully saturated rings. The van der Waals surface area contributed by atoms with E-state index in [0.717, 1.165) is 22.5 Å². The van der Waals surface area contributed by atoms with Crippen LogP contribution < -0.4 is 0 Å². The van der Waals surface area contributed by atoms with Gasteiger partial charge in [0.2, 0.25) is 5.78 Å². The molecule has 0 saturated heterocycles. The molecule has 1 aromatic carbocycles. The number of hydrogen-bond acceptors (Lipinski definition) is 1. The van der Waals surface area contributed by atoms with Crippen molar-refractivity contribution in [3.05, 3.63) is 53.3 Å². The lowest BCUT2D eigenvalue weighted by atomic mass is 10.1. The van der Waals surface area contributed by atoms with Crippen LogP contribution in [0.5, 0.6) is 0 Å². The molecule has 14 heavy (non-hydrogen) atoms. The zero-order valence-electron chi connectivity index (χ0n) is 7.82. The molecule has 0 radical (unpaired) electrons.